The number of carbonyl (C=O) groups is 1. The Morgan fingerprint density at radius 1 is 0.939 bits per heavy atom. The molecule has 2 aromatic carbocycles. The number of nitrogens with zero attached hydrogens (tertiary/aromatic N) is 3. The molecule has 0 atom stereocenters. The van der Waals surface area contributed by atoms with Crippen LogP contribution in [0.3, 0.4) is 0 Å². The first-order valence-electron chi connectivity index (χ1n) is 9.89. The normalized spacial score (nSPS) is 11.6. The van der Waals surface area contributed by atoms with Crippen LogP contribution in [-0.2, 0) is 6.18 Å². The van der Waals surface area contributed by atoms with E-state index in [-0.39, 0.29) is 17.1 Å². The summed E-state index contributed by atoms with van der Waals surface area (Å²) in [6.07, 6.45) is -4.68. The molecule has 1 N–H and O–H groups in total. The molecule has 9 heteroatoms. The highest BCUT2D eigenvalue weighted by Crippen LogP contribution is 2.35. The van der Waals surface area contributed by atoms with Crippen molar-refractivity contribution < 1.29 is 27.6 Å². The van der Waals surface area contributed by atoms with Gasteiger partial charge in [0.25, 0.3) is 0 Å². The highest BCUT2D eigenvalue weighted by molar-refractivity contribution is 5.91. The number of hydrogen-bond donors (Lipinski definition) is 1. The first kappa shape index (κ1) is 22.2. The standard InChI is InChI=1S/C24H18F3N3O3/c1-12-7-8-16(10-18(12)23(31)32)15-5-4-6-17(9-15)22-28-19(11-20(29-22)24(25,26)27)21-13(2)30-33-14(21)3/h4-11H,1-3H3,(H,31,32). The number of halogens is 3. The van der Waals surface area contributed by atoms with Crippen molar-refractivity contribution in [2.45, 2.75) is 26.9 Å². The Morgan fingerprint density at radius 3 is 2.27 bits per heavy atom. The van der Waals surface area contributed by atoms with E-state index in [9.17, 15) is 23.1 Å². The van der Waals surface area contributed by atoms with Gasteiger partial charge in [0.2, 0.25) is 0 Å². The summed E-state index contributed by atoms with van der Waals surface area (Å²) in [6, 6.07) is 12.5. The van der Waals surface area contributed by atoms with Crippen molar-refractivity contribution in [3.63, 3.8) is 0 Å². The number of carboxylic acid groups (broad SMARTS) is 1. The van der Waals surface area contributed by atoms with Crippen molar-refractivity contribution in [2.24, 2.45) is 0 Å². The molecular weight excluding hydrogens is 435 g/mol. The number of aromatic carboxylic acids is 1. The molecule has 2 heterocycles. The van der Waals surface area contributed by atoms with Gasteiger partial charge in [-0.3, -0.25) is 0 Å². The van der Waals surface area contributed by atoms with Crippen LogP contribution < -0.4 is 0 Å². The predicted octanol–water partition coefficient (Wildman–Crippen LogP) is 6.11. The zero-order valence-corrected chi connectivity index (χ0v) is 17.9. The Labute approximate surface area is 186 Å². The minimum atomic E-state index is -4.68. The fourth-order valence-electron chi connectivity index (χ4n) is 3.57. The molecule has 0 fully saturated rings. The number of aromatic nitrogens is 3. The fourth-order valence-corrected chi connectivity index (χ4v) is 3.57. The number of rotatable bonds is 4. The van der Waals surface area contributed by atoms with E-state index in [0.717, 1.165) is 6.07 Å². The van der Waals surface area contributed by atoms with Crippen LogP contribution in [-0.4, -0.2) is 26.2 Å². The number of carboxylic acids is 1. The van der Waals surface area contributed by atoms with Crippen molar-refractivity contribution in [3.8, 4) is 33.8 Å². The predicted molar refractivity (Wildman–Crippen MR) is 115 cm³/mol. The summed E-state index contributed by atoms with van der Waals surface area (Å²) >= 11 is 0. The van der Waals surface area contributed by atoms with E-state index in [4.69, 9.17) is 4.52 Å². The maximum Gasteiger partial charge on any atom is 0.433 e. The first-order chi connectivity index (χ1) is 15.5. The van der Waals surface area contributed by atoms with Gasteiger partial charge in [-0.25, -0.2) is 14.8 Å². The van der Waals surface area contributed by atoms with E-state index in [0.29, 0.717) is 39.3 Å². The van der Waals surface area contributed by atoms with Crippen molar-refractivity contribution in [1.82, 2.24) is 15.1 Å². The summed E-state index contributed by atoms with van der Waals surface area (Å²) in [6.45, 7) is 4.91. The molecule has 33 heavy (non-hydrogen) atoms. The lowest BCUT2D eigenvalue weighted by molar-refractivity contribution is -0.141. The second-order valence-corrected chi connectivity index (χ2v) is 7.57. The smallest absolute Gasteiger partial charge is 0.433 e. The first-order valence-corrected chi connectivity index (χ1v) is 9.89. The molecule has 6 nitrogen and oxygen atoms in total. The summed E-state index contributed by atoms with van der Waals surface area (Å²) in [5.41, 5.74) is 2.09. The molecule has 0 spiro atoms. The molecule has 0 saturated heterocycles. The molecule has 0 bridgehead atoms. The summed E-state index contributed by atoms with van der Waals surface area (Å²) in [5, 5.41) is 13.2. The van der Waals surface area contributed by atoms with E-state index >= 15 is 0 Å². The number of benzene rings is 2. The van der Waals surface area contributed by atoms with Crippen LogP contribution >= 0.6 is 0 Å². The lowest BCUT2D eigenvalue weighted by Gasteiger charge is -2.12. The van der Waals surface area contributed by atoms with Crippen molar-refractivity contribution in [1.29, 1.82) is 0 Å². The Kier molecular flexibility index (Phi) is 5.49. The van der Waals surface area contributed by atoms with Crippen molar-refractivity contribution in [2.75, 3.05) is 0 Å². The maximum absolute atomic E-state index is 13.6. The van der Waals surface area contributed by atoms with E-state index in [1.165, 1.54) is 6.07 Å². The molecule has 0 aliphatic heterocycles. The highest BCUT2D eigenvalue weighted by atomic mass is 19.4. The topological polar surface area (TPSA) is 89.1 Å². The van der Waals surface area contributed by atoms with Gasteiger partial charge in [-0.05, 0) is 55.7 Å². The summed E-state index contributed by atoms with van der Waals surface area (Å²) < 4.78 is 46.0. The maximum atomic E-state index is 13.6. The minimum absolute atomic E-state index is 0.0532. The van der Waals surface area contributed by atoms with Crippen LogP contribution in [0.25, 0.3) is 33.8 Å². The minimum Gasteiger partial charge on any atom is -0.478 e. The lowest BCUT2D eigenvalue weighted by Crippen LogP contribution is -2.10. The molecule has 0 saturated carbocycles. The molecule has 0 amide bonds. The van der Waals surface area contributed by atoms with Crippen LogP contribution in [0.15, 0.2) is 53.1 Å². The van der Waals surface area contributed by atoms with Gasteiger partial charge in [-0.1, -0.05) is 35.5 Å². The van der Waals surface area contributed by atoms with E-state index < -0.39 is 17.8 Å². The highest BCUT2D eigenvalue weighted by Gasteiger charge is 2.34. The number of aryl methyl sites for hydroxylation is 3. The fraction of sp³-hybridized carbons (Fsp3) is 0.167. The molecular formula is C24H18F3N3O3. The second-order valence-electron chi connectivity index (χ2n) is 7.57. The average molecular weight is 453 g/mol. The zero-order chi connectivity index (χ0) is 23.9. The monoisotopic (exact) mass is 453 g/mol. The molecule has 0 aliphatic carbocycles. The molecule has 2 aromatic heterocycles. The summed E-state index contributed by atoms with van der Waals surface area (Å²) in [7, 11) is 0. The second kappa shape index (κ2) is 8.16. The molecule has 0 aliphatic rings. The summed E-state index contributed by atoms with van der Waals surface area (Å²) in [4.78, 5) is 19.6. The third kappa shape index (κ3) is 4.34. The van der Waals surface area contributed by atoms with Crippen LogP contribution in [0.1, 0.15) is 33.1 Å². The summed E-state index contributed by atoms with van der Waals surface area (Å²) in [5.74, 6) is -0.831. The van der Waals surface area contributed by atoms with Gasteiger partial charge >= 0.3 is 12.1 Å². The van der Waals surface area contributed by atoms with Crippen molar-refractivity contribution in [3.05, 3.63) is 76.8 Å². The third-order valence-corrected chi connectivity index (χ3v) is 5.23. The quantitative estimate of drug-likeness (QED) is 0.401. The van der Waals surface area contributed by atoms with E-state index in [1.54, 1.807) is 57.2 Å². The van der Waals surface area contributed by atoms with Crippen LogP contribution in [0, 0.1) is 20.8 Å². The Balaban J connectivity index is 1.87. The lowest BCUT2D eigenvalue weighted by atomic mass is 9.98. The van der Waals surface area contributed by atoms with Gasteiger partial charge in [0.15, 0.2) is 5.82 Å². The van der Waals surface area contributed by atoms with Gasteiger partial charge in [0.05, 0.1) is 22.5 Å². The Bertz CT molecular complexity index is 1360. The Hall–Kier alpha value is -4.01. The zero-order valence-electron chi connectivity index (χ0n) is 17.9. The molecule has 4 aromatic rings. The Morgan fingerprint density at radius 2 is 1.64 bits per heavy atom. The SMILES string of the molecule is Cc1ccc(-c2cccc(-c3nc(-c4c(C)noc4C)cc(C(F)(F)F)n3)c2)cc1C(=O)O. The molecule has 0 unspecified atom stereocenters. The van der Waals surface area contributed by atoms with E-state index in [1.807, 2.05) is 0 Å². The number of hydrogen-bond acceptors (Lipinski definition) is 5. The van der Waals surface area contributed by atoms with Gasteiger partial charge in [0, 0.05) is 5.56 Å². The van der Waals surface area contributed by atoms with Gasteiger partial charge in [0.1, 0.15) is 11.5 Å². The average Bonchev–Trinajstić information content (AvgIpc) is 3.11. The van der Waals surface area contributed by atoms with E-state index in [2.05, 4.69) is 15.1 Å². The van der Waals surface area contributed by atoms with Gasteiger partial charge in [-0.15, -0.1) is 0 Å². The molecule has 4 rings (SSSR count). The largest absolute Gasteiger partial charge is 0.478 e. The molecule has 0 radical (unpaired) electrons. The van der Waals surface area contributed by atoms with Gasteiger partial charge < -0.3 is 9.63 Å². The van der Waals surface area contributed by atoms with Crippen LogP contribution in [0.4, 0.5) is 13.2 Å². The number of alkyl halides is 3. The van der Waals surface area contributed by atoms with Crippen LogP contribution in [0.2, 0.25) is 0 Å². The van der Waals surface area contributed by atoms with Crippen molar-refractivity contribution >= 4 is 5.97 Å². The van der Waals surface area contributed by atoms with Crippen LogP contribution in [0.5, 0.6) is 0 Å². The van der Waals surface area contributed by atoms with Gasteiger partial charge in [-0.2, -0.15) is 13.2 Å². The third-order valence-electron chi connectivity index (χ3n) is 5.23. The molecule has 168 valence electrons.